The molecule has 0 atom stereocenters. The molecule has 0 spiro atoms. The Morgan fingerprint density at radius 1 is 1.10 bits per heavy atom. The Hall–Kier alpha value is -0.410. The second-order valence-corrected chi connectivity index (χ2v) is 6.81. The average Bonchev–Trinajstić information content (AvgIpc) is 2.84. The van der Waals surface area contributed by atoms with E-state index in [1.54, 1.807) is 11.3 Å². The van der Waals surface area contributed by atoms with Crippen molar-refractivity contribution in [2.24, 2.45) is 0 Å². The molecule has 116 valence electrons. The highest BCUT2D eigenvalue weighted by Gasteiger charge is 2.08. The third kappa shape index (κ3) is 8.01. The van der Waals surface area contributed by atoms with E-state index in [0.29, 0.717) is 6.04 Å². The summed E-state index contributed by atoms with van der Waals surface area (Å²) in [6.45, 7) is 7.72. The van der Waals surface area contributed by atoms with Crippen LogP contribution in [0, 0.1) is 6.92 Å². The highest BCUT2D eigenvalue weighted by atomic mass is 32.1. The van der Waals surface area contributed by atoms with Gasteiger partial charge in [0.25, 0.3) is 0 Å². The molecule has 0 saturated heterocycles. The molecule has 0 aliphatic rings. The Morgan fingerprint density at radius 3 is 2.25 bits per heavy atom. The van der Waals surface area contributed by atoms with Crippen LogP contribution in [0.3, 0.4) is 0 Å². The summed E-state index contributed by atoms with van der Waals surface area (Å²) in [5, 5.41) is 7.14. The van der Waals surface area contributed by atoms with E-state index in [1.807, 2.05) is 0 Å². The molecule has 0 saturated carbocycles. The predicted molar refractivity (Wildman–Crippen MR) is 90.6 cm³/mol. The zero-order chi connectivity index (χ0) is 14.6. The number of aryl methyl sites for hydroxylation is 1. The summed E-state index contributed by atoms with van der Waals surface area (Å²) in [7, 11) is 0. The van der Waals surface area contributed by atoms with Gasteiger partial charge < -0.3 is 5.32 Å². The monoisotopic (exact) mass is 296 g/mol. The quantitative estimate of drug-likeness (QED) is 0.542. The second-order valence-electron chi connectivity index (χ2n) is 5.75. The standard InChI is InChI=1S/C17H32N2S/c1-4-6-8-10-16(11-9-7-5-2)18-13-12-17-14-20-15(3)19-17/h14,16,18H,4-13H2,1-3H3. The predicted octanol–water partition coefficient (Wildman–Crippen LogP) is 5.11. The van der Waals surface area contributed by atoms with Crippen LogP contribution in [0.25, 0.3) is 0 Å². The van der Waals surface area contributed by atoms with Crippen molar-refractivity contribution in [1.82, 2.24) is 10.3 Å². The van der Waals surface area contributed by atoms with Gasteiger partial charge in [0.05, 0.1) is 10.7 Å². The molecule has 0 amide bonds. The molecule has 1 heterocycles. The zero-order valence-electron chi connectivity index (χ0n) is 13.6. The fraction of sp³-hybridized carbons (Fsp3) is 0.824. The number of unbranched alkanes of at least 4 members (excludes halogenated alkanes) is 4. The molecule has 2 nitrogen and oxygen atoms in total. The van der Waals surface area contributed by atoms with Crippen molar-refractivity contribution < 1.29 is 0 Å². The van der Waals surface area contributed by atoms with Gasteiger partial charge in [-0.2, -0.15) is 0 Å². The first-order valence-corrected chi connectivity index (χ1v) is 9.28. The van der Waals surface area contributed by atoms with Crippen LogP contribution in [0.15, 0.2) is 5.38 Å². The fourth-order valence-corrected chi connectivity index (χ4v) is 3.20. The molecule has 1 aromatic heterocycles. The van der Waals surface area contributed by atoms with E-state index in [2.05, 4.69) is 36.5 Å². The maximum Gasteiger partial charge on any atom is 0.0897 e. The summed E-state index contributed by atoms with van der Waals surface area (Å²) in [6.07, 6.45) is 11.9. The minimum Gasteiger partial charge on any atom is -0.314 e. The van der Waals surface area contributed by atoms with Gasteiger partial charge in [-0.15, -0.1) is 11.3 Å². The number of rotatable bonds is 12. The Morgan fingerprint density at radius 2 is 1.75 bits per heavy atom. The Labute approximate surface area is 129 Å². The van der Waals surface area contributed by atoms with Gasteiger partial charge in [0.1, 0.15) is 0 Å². The van der Waals surface area contributed by atoms with Crippen molar-refractivity contribution in [2.45, 2.75) is 84.6 Å². The van der Waals surface area contributed by atoms with Gasteiger partial charge in [-0.05, 0) is 19.8 Å². The van der Waals surface area contributed by atoms with Crippen molar-refractivity contribution in [2.75, 3.05) is 6.54 Å². The minimum atomic E-state index is 0.716. The molecule has 0 fully saturated rings. The summed E-state index contributed by atoms with van der Waals surface area (Å²) in [6, 6.07) is 0.716. The van der Waals surface area contributed by atoms with Crippen molar-refractivity contribution in [3.8, 4) is 0 Å². The molecule has 0 aliphatic carbocycles. The van der Waals surface area contributed by atoms with Crippen molar-refractivity contribution >= 4 is 11.3 Å². The average molecular weight is 297 g/mol. The molecular weight excluding hydrogens is 264 g/mol. The summed E-state index contributed by atoms with van der Waals surface area (Å²) in [4.78, 5) is 4.54. The van der Waals surface area contributed by atoms with E-state index >= 15 is 0 Å². The van der Waals surface area contributed by atoms with Gasteiger partial charge in [0.2, 0.25) is 0 Å². The Bertz CT molecular complexity index is 325. The first kappa shape index (κ1) is 17.6. The molecule has 3 heteroatoms. The number of hydrogen-bond acceptors (Lipinski definition) is 3. The van der Waals surface area contributed by atoms with Gasteiger partial charge in [0.15, 0.2) is 0 Å². The number of thiazole rings is 1. The van der Waals surface area contributed by atoms with Crippen molar-refractivity contribution in [3.05, 3.63) is 16.1 Å². The van der Waals surface area contributed by atoms with Crippen LogP contribution < -0.4 is 5.32 Å². The minimum absolute atomic E-state index is 0.716. The van der Waals surface area contributed by atoms with E-state index in [9.17, 15) is 0 Å². The first-order valence-electron chi connectivity index (χ1n) is 8.40. The number of nitrogens with zero attached hydrogens (tertiary/aromatic N) is 1. The summed E-state index contributed by atoms with van der Waals surface area (Å²) >= 11 is 1.76. The van der Waals surface area contributed by atoms with E-state index in [4.69, 9.17) is 0 Å². The third-order valence-corrected chi connectivity index (χ3v) is 4.62. The lowest BCUT2D eigenvalue weighted by Crippen LogP contribution is -2.31. The molecule has 0 aromatic carbocycles. The van der Waals surface area contributed by atoms with E-state index < -0.39 is 0 Å². The number of hydrogen-bond donors (Lipinski definition) is 1. The SMILES string of the molecule is CCCCCC(CCCCC)NCCc1csc(C)n1. The van der Waals surface area contributed by atoms with Crippen LogP contribution in [-0.2, 0) is 6.42 Å². The normalized spacial score (nSPS) is 11.4. The summed E-state index contributed by atoms with van der Waals surface area (Å²) < 4.78 is 0. The molecule has 0 bridgehead atoms. The van der Waals surface area contributed by atoms with Crippen molar-refractivity contribution in [3.63, 3.8) is 0 Å². The maximum atomic E-state index is 4.54. The summed E-state index contributed by atoms with van der Waals surface area (Å²) in [5.74, 6) is 0. The van der Waals surface area contributed by atoms with Gasteiger partial charge in [-0.25, -0.2) is 4.98 Å². The molecular formula is C17H32N2S. The van der Waals surface area contributed by atoms with Crippen LogP contribution in [0.5, 0.6) is 0 Å². The molecule has 1 aromatic rings. The zero-order valence-corrected chi connectivity index (χ0v) is 14.4. The lowest BCUT2D eigenvalue weighted by molar-refractivity contribution is 0.420. The number of nitrogens with one attached hydrogen (secondary N) is 1. The Balaban J connectivity index is 2.23. The third-order valence-electron chi connectivity index (χ3n) is 3.79. The fourth-order valence-electron chi connectivity index (χ4n) is 2.56. The molecule has 0 aliphatic heterocycles. The first-order chi connectivity index (χ1) is 9.76. The van der Waals surface area contributed by atoms with E-state index in [1.165, 1.54) is 62.1 Å². The maximum absolute atomic E-state index is 4.54. The highest BCUT2D eigenvalue weighted by molar-refractivity contribution is 7.09. The van der Waals surface area contributed by atoms with Crippen LogP contribution in [-0.4, -0.2) is 17.6 Å². The van der Waals surface area contributed by atoms with E-state index in [0.717, 1.165) is 13.0 Å². The van der Waals surface area contributed by atoms with Gasteiger partial charge in [0, 0.05) is 24.4 Å². The smallest absolute Gasteiger partial charge is 0.0897 e. The largest absolute Gasteiger partial charge is 0.314 e. The van der Waals surface area contributed by atoms with Crippen LogP contribution in [0.2, 0.25) is 0 Å². The lowest BCUT2D eigenvalue weighted by atomic mass is 10.0. The van der Waals surface area contributed by atoms with Crippen LogP contribution in [0.1, 0.15) is 75.9 Å². The topological polar surface area (TPSA) is 24.9 Å². The van der Waals surface area contributed by atoms with Crippen LogP contribution in [0.4, 0.5) is 0 Å². The highest BCUT2D eigenvalue weighted by Crippen LogP contribution is 2.12. The molecule has 0 radical (unpaired) electrons. The molecule has 1 N–H and O–H groups in total. The van der Waals surface area contributed by atoms with Gasteiger partial charge in [-0.3, -0.25) is 0 Å². The second kappa shape index (κ2) is 11.3. The van der Waals surface area contributed by atoms with Gasteiger partial charge >= 0.3 is 0 Å². The molecule has 0 unspecified atom stereocenters. The summed E-state index contributed by atoms with van der Waals surface area (Å²) in [5.41, 5.74) is 1.25. The Kier molecular flexibility index (Phi) is 9.94. The molecule has 20 heavy (non-hydrogen) atoms. The molecule has 1 rings (SSSR count). The van der Waals surface area contributed by atoms with Crippen LogP contribution >= 0.6 is 11.3 Å². The van der Waals surface area contributed by atoms with Crippen molar-refractivity contribution in [1.29, 1.82) is 0 Å². The van der Waals surface area contributed by atoms with Gasteiger partial charge in [-0.1, -0.05) is 52.4 Å². The number of aromatic nitrogens is 1. The lowest BCUT2D eigenvalue weighted by Gasteiger charge is -2.18. The van der Waals surface area contributed by atoms with E-state index in [-0.39, 0.29) is 0 Å².